The number of nitrogens with zero attached hydrogens (tertiary/aromatic N) is 6. The highest BCUT2D eigenvalue weighted by Crippen LogP contribution is 2.19. The van der Waals surface area contributed by atoms with Crippen LogP contribution >= 0.6 is 0 Å². The maximum absolute atomic E-state index is 4.63. The molecule has 4 rings (SSSR count). The molecule has 126 valence electrons. The zero-order valence-corrected chi connectivity index (χ0v) is 14.0. The second-order valence-electron chi connectivity index (χ2n) is 5.56. The minimum absolute atomic E-state index is 0.534. The van der Waals surface area contributed by atoms with Gasteiger partial charge in [-0.15, -0.1) is 5.10 Å². The average Bonchev–Trinajstić information content (AvgIpc) is 3.14. The minimum atomic E-state index is 0.534. The van der Waals surface area contributed by atoms with E-state index in [1.807, 2.05) is 41.1 Å². The standard InChI is InChI=1S/C20H16N6/c1-2-7-16(8-3-1)9-6-14-26-20(17-10-4-5-11-22-17)24-19(25-26)18-15-21-12-13-23-18/h1-13,15H,14H2/b9-6+. The first kappa shape index (κ1) is 15.8. The summed E-state index contributed by atoms with van der Waals surface area (Å²) in [4.78, 5) is 17.4. The van der Waals surface area contributed by atoms with Crippen molar-refractivity contribution in [2.45, 2.75) is 6.54 Å². The summed E-state index contributed by atoms with van der Waals surface area (Å²) < 4.78 is 1.83. The Morgan fingerprint density at radius 3 is 2.46 bits per heavy atom. The molecule has 3 aromatic heterocycles. The van der Waals surface area contributed by atoms with E-state index in [0.717, 1.165) is 11.3 Å². The molecule has 6 heteroatoms. The van der Waals surface area contributed by atoms with Crippen LogP contribution in [0.1, 0.15) is 5.56 Å². The van der Waals surface area contributed by atoms with Gasteiger partial charge in [-0.05, 0) is 17.7 Å². The molecule has 3 heterocycles. The summed E-state index contributed by atoms with van der Waals surface area (Å²) >= 11 is 0. The van der Waals surface area contributed by atoms with Crippen molar-refractivity contribution in [2.24, 2.45) is 0 Å². The molecule has 0 spiro atoms. The SMILES string of the molecule is C(=C\c1ccccc1)/Cn1nc(-c2cnccn2)nc1-c1ccccn1. The molecule has 0 amide bonds. The van der Waals surface area contributed by atoms with Gasteiger partial charge in [0.2, 0.25) is 5.82 Å². The van der Waals surface area contributed by atoms with Gasteiger partial charge in [-0.25, -0.2) is 14.6 Å². The van der Waals surface area contributed by atoms with Crippen LogP contribution in [0.2, 0.25) is 0 Å². The van der Waals surface area contributed by atoms with Crippen molar-refractivity contribution in [1.29, 1.82) is 0 Å². The van der Waals surface area contributed by atoms with Gasteiger partial charge >= 0.3 is 0 Å². The van der Waals surface area contributed by atoms with Crippen LogP contribution < -0.4 is 0 Å². The molecule has 0 saturated heterocycles. The third-order valence-electron chi connectivity index (χ3n) is 3.75. The van der Waals surface area contributed by atoms with Crippen LogP contribution in [-0.2, 0) is 6.54 Å². The molecule has 26 heavy (non-hydrogen) atoms. The molecule has 0 atom stereocenters. The smallest absolute Gasteiger partial charge is 0.202 e. The molecule has 0 N–H and O–H groups in total. The molecular formula is C20H16N6. The molecule has 0 saturated carbocycles. The van der Waals surface area contributed by atoms with Crippen LogP contribution in [0, 0.1) is 0 Å². The highest BCUT2D eigenvalue weighted by atomic mass is 15.4. The normalized spacial score (nSPS) is 11.1. The molecule has 0 fully saturated rings. The second-order valence-corrected chi connectivity index (χ2v) is 5.56. The van der Waals surface area contributed by atoms with Crippen molar-refractivity contribution in [3.05, 3.63) is 85.0 Å². The number of benzene rings is 1. The highest BCUT2D eigenvalue weighted by molar-refractivity contribution is 5.56. The van der Waals surface area contributed by atoms with Crippen LogP contribution in [0.4, 0.5) is 0 Å². The van der Waals surface area contributed by atoms with Crippen LogP contribution in [0.15, 0.2) is 79.4 Å². The van der Waals surface area contributed by atoms with E-state index in [1.54, 1.807) is 24.8 Å². The predicted molar refractivity (Wildman–Crippen MR) is 99.8 cm³/mol. The van der Waals surface area contributed by atoms with Crippen molar-refractivity contribution in [3.63, 3.8) is 0 Å². The van der Waals surface area contributed by atoms with E-state index < -0.39 is 0 Å². The van der Waals surface area contributed by atoms with Gasteiger partial charge in [0.25, 0.3) is 0 Å². The lowest BCUT2D eigenvalue weighted by Crippen LogP contribution is -2.01. The number of aromatic nitrogens is 6. The van der Waals surface area contributed by atoms with Gasteiger partial charge in [0, 0.05) is 18.6 Å². The summed E-state index contributed by atoms with van der Waals surface area (Å²) in [5.74, 6) is 1.23. The Hall–Kier alpha value is -3.67. The third kappa shape index (κ3) is 3.54. The lowest BCUT2D eigenvalue weighted by molar-refractivity contribution is 0.709. The topological polar surface area (TPSA) is 69.4 Å². The molecule has 0 aliphatic carbocycles. The van der Waals surface area contributed by atoms with Gasteiger partial charge in [-0.3, -0.25) is 9.97 Å². The van der Waals surface area contributed by atoms with Gasteiger partial charge in [-0.2, -0.15) is 0 Å². The van der Waals surface area contributed by atoms with Gasteiger partial charge in [0.15, 0.2) is 5.82 Å². The largest absolute Gasteiger partial charge is 0.261 e. The summed E-state index contributed by atoms with van der Waals surface area (Å²) in [7, 11) is 0. The Morgan fingerprint density at radius 2 is 1.69 bits per heavy atom. The zero-order valence-electron chi connectivity index (χ0n) is 14.0. The number of pyridine rings is 1. The Labute approximate surface area is 150 Å². The predicted octanol–water partition coefficient (Wildman–Crippen LogP) is 3.51. The van der Waals surface area contributed by atoms with E-state index in [1.165, 1.54) is 0 Å². The zero-order chi connectivity index (χ0) is 17.6. The molecule has 0 radical (unpaired) electrons. The van der Waals surface area contributed by atoms with E-state index in [2.05, 4.69) is 49.3 Å². The van der Waals surface area contributed by atoms with Gasteiger partial charge in [-0.1, -0.05) is 48.6 Å². The monoisotopic (exact) mass is 340 g/mol. The van der Waals surface area contributed by atoms with E-state index in [4.69, 9.17) is 0 Å². The van der Waals surface area contributed by atoms with E-state index >= 15 is 0 Å². The Bertz CT molecular complexity index is 994. The Morgan fingerprint density at radius 1 is 0.846 bits per heavy atom. The van der Waals surface area contributed by atoms with Crippen molar-refractivity contribution >= 4 is 6.08 Å². The fourth-order valence-electron chi connectivity index (χ4n) is 2.53. The summed E-state index contributed by atoms with van der Waals surface area (Å²) in [5.41, 5.74) is 2.54. The summed E-state index contributed by atoms with van der Waals surface area (Å²) in [6.07, 6.45) is 10.8. The summed E-state index contributed by atoms with van der Waals surface area (Å²) in [6.45, 7) is 0.577. The molecular weight excluding hydrogens is 324 g/mol. The first-order valence-corrected chi connectivity index (χ1v) is 8.24. The molecule has 0 aliphatic heterocycles. The summed E-state index contributed by atoms with van der Waals surface area (Å²) in [5, 5.41) is 4.60. The number of hydrogen-bond donors (Lipinski definition) is 0. The second kappa shape index (κ2) is 7.48. The van der Waals surface area contributed by atoms with Crippen LogP contribution in [-0.4, -0.2) is 29.7 Å². The molecule has 0 bridgehead atoms. The first-order chi connectivity index (χ1) is 12.9. The fraction of sp³-hybridized carbons (Fsp3) is 0.0500. The Kier molecular flexibility index (Phi) is 4.56. The van der Waals surface area contributed by atoms with E-state index in [9.17, 15) is 0 Å². The number of rotatable bonds is 5. The van der Waals surface area contributed by atoms with Gasteiger partial charge in [0.05, 0.1) is 12.7 Å². The number of allylic oxidation sites excluding steroid dienone is 1. The van der Waals surface area contributed by atoms with Crippen LogP contribution in [0.25, 0.3) is 29.1 Å². The third-order valence-corrected chi connectivity index (χ3v) is 3.75. The number of hydrogen-bond acceptors (Lipinski definition) is 5. The van der Waals surface area contributed by atoms with Crippen molar-refractivity contribution in [2.75, 3.05) is 0 Å². The first-order valence-electron chi connectivity index (χ1n) is 8.24. The average molecular weight is 340 g/mol. The van der Waals surface area contributed by atoms with Crippen molar-refractivity contribution in [1.82, 2.24) is 29.7 Å². The van der Waals surface area contributed by atoms with Gasteiger partial charge < -0.3 is 0 Å². The summed E-state index contributed by atoms with van der Waals surface area (Å²) in [6, 6.07) is 15.9. The molecule has 6 nitrogen and oxygen atoms in total. The van der Waals surface area contributed by atoms with Crippen molar-refractivity contribution in [3.8, 4) is 23.0 Å². The van der Waals surface area contributed by atoms with E-state index in [-0.39, 0.29) is 0 Å². The Balaban J connectivity index is 1.68. The lowest BCUT2D eigenvalue weighted by Gasteiger charge is -2.02. The fourth-order valence-corrected chi connectivity index (χ4v) is 2.53. The quantitative estimate of drug-likeness (QED) is 0.556. The lowest BCUT2D eigenvalue weighted by atomic mass is 10.2. The minimum Gasteiger partial charge on any atom is -0.261 e. The maximum atomic E-state index is 4.63. The molecule has 0 aliphatic rings. The molecule has 0 unspecified atom stereocenters. The maximum Gasteiger partial charge on any atom is 0.202 e. The van der Waals surface area contributed by atoms with Crippen LogP contribution in [0.5, 0.6) is 0 Å². The van der Waals surface area contributed by atoms with Crippen LogP contribution in [0.3, 0.4) is 0 Å². The molecule has 1 aromatic carbocycles. The highest BCUT2D eigenvalue weighted by Gasteiger charge is 2.14. The van der Waals surface area contributed by atoms with Gasteiger partial charge in [0.1, 0.15) is 11.4 Å². The van der Waals surface area contributed by atoms with Crippen molar-refractivity contribution < 1.29 is 0 Å². The molecule has 4 aromatic rings. The van der Waals surface area contributed by atoms with E-state index in [0.29, 0.717) is 23.9 Å².